The Labute approximate surface area is 165 Å². The zero-order chi connectivity index (χ0) is 20.6. The van der Waals surface area contributed by atoms with E-state index in [1.165, 1.54) is 0 Å². The van der Waals surface area contributed by atoms with Crippen LogP contribution in [0.25, 0.3) is 0 Å². The molecule has 11 heteroatoms. The van der Waals surface area contributed by atoms with E-state index in [0.717, 1.165) is 24.7 Å². The molecule has 0 aromatic carbocycles. The van der Waals surface area contributed by atoms with Crippen LogP contribution in [0.2, 0.25) is 0 Å². The van der Waals surface area contributed by atoms with E-state index >= 15 is 0 Å². The van der Waals surface area contributed by atoms with Crippen LogP contribution in [-0.4, -0.2) is 36.1 Å². The number of alkyl halides is 3. The lowest BCUT2D eigenvalue weighted by atomic mass is 9.87. The van der Waals surface area contributed by atoms with Gasteiger partial charge in [-0.1, -0.05) is 0 Å². The summed E-state index contributed by atoms with van der Waals surface area (Å²) in [7, 11) is 0. The zero-order valence-electron chi connectivity index (χ0n) is 16.0. The lowest BCUT2D eigenvalue weighted by Gasteiger charge is -2.36. The lowest BCUT2D eigenvalue weighted by molar-refractivity contribution is -0.137. The molecule has 0 bridgehead atoms. The van der Waals surface area contributed by atoms with Gasteiger partial charge in [-0.15, -0.1) is 0 Å². The van der Waals surface area contributed by atoms with Gasteiger partial charge in [0.05, 0.1) is 29.7 Å². The number of rotatable bonds is 6. The van der Waals surface area contributed by atoms with E-state index in [1.54, 1.807) is 19.3 Å². The van der Waals surface area contributed by atoms with Crippen LogP contribution < -0.4 is 10.6 Å². The first-order valence-electron chi connectivity index (χ1n) is 9.35. The van der Waals surface area contributed by atoms with Gasteiger partial charge in [-0.25, -0.2) is 4.98 Å². The molecule has 1 aliphatic carbocycles. The van der Waals surface area contributed by atoms with Gasteiger partial charge in [0.1, 0.15) is 11.4 Å². The highest BCUT2D eigenvalue weighted by molar-refractivity contribution is 5.58. The van der Waals surface area contributed by atoms with Crippen molar-refractivity contribution in [3.8, 4) is 0 Å². The molecule has 1 fully saturated rings. The van der Waals surface area contributed by atoms with E-state index in [9.17, 15) is 13.2 Å². The Hall–Kier alpha value is -3.11. The Kier molecular flexibility index (Phi) is 4.89. The number of anilines is 3. The number of halogens is 3. The van der Waals surface area contributed by atoms with E-state index in [-0.39, 0.29) is 17.8 Å². The Bertz CT molecular complexity index is 974. The van der Waals surface area contributed by atoms with E-state index < -0.39 is 11.7 Å². The smallest absolute Gasteiger partial charge is 0.370 e. The van der Waals surface area contributed by atoms with E-state index in [0.29, 0.717) is 18.3 Å². The summed E-state index contributed by atoms with van der Waals surface area (Å²) in [5, 5.41) is 14.3. The minimum absolute atomic E-state index is 0.0830. The summed E-state index contributed by atoms with van der Waals surface area (Å²) in [6.45, 7) is 3.93. The second-order valence-electron chi connectivity index (χ2n) is 6.96. The van der Waals surface area contributed by atoms with Gasteiger partial charge in [0.2, 0.25) is 5.95 Å². The highest BCUT2D eigenvalue weighted by atomic mass is 19.4. The molecule has 4 rings (SSSR count). The fourth-order valence-electron chi connectivity index (χ4n) is 3.46. The molecule has 0 saturated heterocycles. The maximum atomic E-state index is 13.1. The molecular weight excluding hydrogens is 385 g/mol. The molecule has 1 saturated carbocycles. The topological polar surface area (TPSA) is 85.5 Å². The van der Waals surface area contributed by atoms with Gasteiger partial charge in [0, 0.05) is 25.1 Å². The van der Waals surface area contributed by atoms with Crippen LogP contribution in [0, 0.1) is 6.92 Å². The van der Waals surface area contributed by atoms with Crippen LogP contribution in [0.5, 0.6) is 0 Å². The molecule has 154 valence electrons. The molecule has 0 unspecified atom stereocenters. The largest absolute Gasteiger partial charge is 0.421 e. The summed E-state index contributed by atoms with van der Waals surface area (Å²) in [6.07, 6.45) is 3.47. The SMILES string of the molecule is CCNc1nc(Nc2cnn([C@H]3C[C@H](n4cccn4)C3)c2C)ncc1C(F)(F)F. The molecule has 3 aromatic rings. The highest BCUT2D eigenvalue weighted by Gasteiger charge is 2.36. The van der Waals surface area contributed by atoms with Crippen LogP contribution >= 0.6 is 0 Å². The maximum absolute atomic E-state index is 13.1. The molecular formula is C18H21F3N8. The summed E-state index contributed by atoms with van der Waals surface area (Å²) in [4.78, 5) is 7.83. The second kappa shape index (κ2) is 7.37. The minimum Gasteiger partial charge on any atom is -0.370 e. The average Bonchev–Trinajstić information content (AvgIpc) is 3.26. The quantitative estimate of drug-likeness (QED) is 0.645. The molecule has 2 N–H and O–H groups in total. The monoisotopic (exact) mass is 406 g/mol. The first-order valence-corrected chi connectivity index (χ1v) is 9.35. The normalized spacial score (nSPS) is 19.1. The van der Waals surface area contributed by atoms with Crippen molar-refractivity contribution in [3.05, 3.63) is 42.1 Å². The third-order valence-corrected chi connectivity index (χ3v) is 5.06. The molecule has 29 heavy (non-hydrogen) atoms. The highest BCUT2D eigenvalue weighted by Crippen LogP contribution is 2.42. The van der Waals surface area contributed by atoms with Crippen molar-refractivity contribution in [3.63, 3.8) is 0 Å². The second-order valence-corrected chi connectivity index (χ2v) is 6.96. The summed E-state index contributed by atoms with van der Waals surface area (Å²) >= 11 is 0. The molecule has 0 spiro atoms. The standard InChI is InChI=1S/C18H21F3N8/c1-3-22-16-14(18(19,20)21)9-23-17(27-16)26-15-10-25-29(11(15)2)13-7-12(8-13)28-6-4-5-24-28/h4-6,9-10,12-13H,3,7-8H2,1-2H3,(H2,22,23,26,27)/t12-,13-. The zero-order valence-corrected chi connectivity index (χ0v) is 16.0. The van der Waals surface area contributed by atoms with Crippen LogP contribution in [-0.2, 0) is 6.18 Å². The first-order chi connectivity index (χ1) is 13.9. The van der Waals surface area contributed by atoms with Crippen molar-refractivity contribution in [2.45, 2.75) is 44.9 Å². The third kappa shape index (κ3) is 3.76. The van der Waals surface area contributed by atoms with Gasteiger partial charge in [0.15, 0.2) is 0 Å². The molecule has 0 amide bonds. The number of nitrogens with zero attached hydrogens (tertiary/aromatic N) is 6. The van der Waals surface area contributed by atoms with Gasteiger partial charge in [-0.3, -0.25) is 9.36 Å². The predicted octanol–water partition coefficient (Wildman–Crippen LogP) is 3.95. The first kappa shape index (κ1) is 19.2. The summed E-state index contributed by atoms with van der Waals surface area (Å²) < 4.78 is 43.2. The molecule has 8 nitrogen and oxygen atoms in total. The van der Waals surface area contributed by atoms with Crippen molar-refractivity contribution >= 4 is 17.5 Å². The van der Waals surface area contributed by atoms with Gasteiger partial charge in [-0.2, -0.15) is 28.4 Å². The fourth-order valence-corrected chi connectivity index (χ4v) is 3.46. The summed E-state index contributed by atoms with van der Waals surface area (Å²) in [5.74, 6) is -0.164. The van der Waals surface area contributed by atoms with Gasteiger partial charge >= 0.3 is 6.18 Å². The molecule has 0 radical (unpaired) electrons. The van der Waals surface area contributed by atoms with E-state index in [2.05, 4.69) is 30.8 Å². The Morgan fingerprint density at radius 2 is 1.97 bits per heavy atom. The Balaban J connectivity index is 1.49. The average molecular weight is 406 g/mol. The number of hydrogen-bond donors (Lipinski definition) is 2. The van der Waals surface area contributed by atoms with Crippen LogP contribution in [0.15, 0.2) is 30.9 Å². The van der Waals surface area contributed by atoms with E-state index in [4.69, 9.17) is 0 Å². The predicted molar refractivity (Wildman–Crippen MR) is 101 cm³/mol. The maximum Gasteiger partial charge on any atom is 0.421 e. The molecule has 0 atom stereocenters. The van der Waals surface area contributed by atoms with Crippen molar-refractivity contribution in [1.82, 2.24) is 29.5 Å². The van der Waals surface area contributed by atoms with Gasteiger partial charge in [-0.05, 0) is 32.8 Å². The van der Waals surface area contributed by atoms with Crippen molar-refractivity contribution in [1.29, 1.82) is 0 Å². The van der Waals surface area contributed by atoms with Crippen molar-refractivity contribution in [2.75, 3.05) is 17.2 Å². The molecule has 3 aromatic heterocycles. The Morgan fingerprint density at radius 3 is 2.62 bits per heavy atom. The van der Waals surface area contributed by atoms with Gasteiger partial charge in [0.25, 0.3) is 0 Å². The molecule has 1 aliphatic rings. The van der Waals surface area contributed by atoms with Crippen molar-refractivity contribution < 1.29 is 13.2 Å². The van der Waals surface area contributed by atoms with Crippen LogP contribution in [0.4, 0.5) is 30.6 Å². The summed E-state index contributed by atoms with van der Waals surface area (Å²) in [5.41, 5.74) is 0.647. The number of aromatic nitrogens is 6. The third-order valence-electron chi connectivity index (χ3n) is 5.06. The van der Waals surface area contributed by atoms with Crippen LogP contribution in [0.3, 0.4) is 0 Å². The summed E-state index contributed by atoms with van der Waals surface area (Å²) in [6, 6.07) is 2.52. The number of hydrogen-bond acceptors (Lipinski definition) is 6. The molecule has 3 heterocycles. The fraction of sp³-hybridized carbons (Fsp3) is 0.444. The minimum atomic E-state index is -4.52. The van der Waals surface area contributed by atoms with Gasteiger partial charge < -0.3 is 10.6 Å². The number of nitrogens with one attached hydrogen (secondary N) is 2. The Morgan fingerprint density at radius 1 is 1.17 bits per heavy atom. The van der Waals surface area contributed by atoms with Crippen molar-refractivity contribution in [2.24, 2.45) is 0 Å². The molecule has 0 aliphatic heterocycles. The van der Waals surface area contributed by atoms with E-state index in [1.807, 2.05) is 28.6 Å². The van der Waals surface area contributed by atoms with Crippen LogP contribution in [0.1, 0.15) is 43.1 Å². The lowest BCUT2D eigenvalue weighted by Crippen LogP contribution is -2.30.